The number of aromatic nitrogens is 1. The van der Waals surface area contributed by atoms with Gasteiger partial charge in [-0.3, -0.25) is 14.4 Å². The van der Waals surface area contributed by atoms with Crippen molar-refractivity contribution in [3.8, 4) is 0 Å². The highest BCUT2D eigenvalue weighted by Gasteiger charge is 2.31. The molecule has 2 amide bonds. The molecule has 0 N–H and O–H groups in total. The van der Waals surface area contributed by atoms with Crippen LogP contribution in [0.15, 0.2) is 59.7 Å². The second-order valence-corrected chi connectivity index (χ2v) is 10.2. The van der Waals surface area contributed by atoms with Crippen molar-refractivity contribution >= 4 is 44.4 Å². The highest BCUT2D eigenvalue weighted by atomic mass is 79.9. The second-order valence-electron chi connectivity index (χ2n) is 9.28. The van der Waals surface area contributed by atoms with E-state index in [2.05, 4.69) is 22.5 Å². The van der Waals surface area contributed by atoms with E-state index >= 15 is 0 Å². The van der Waals surface area contributed by atoms with Crippen molar-refractivity contribution < 1.29 is 18.8 Å². The van der Waals surface area contributed by atoms with E-state index in [0.29, 0.717) is 44.6 Å². The molecule has 0 atom stereocenters. The summed E-state index contributed by atoms with van der Waals surface area (Å²) in [5.41, 5.74) is 3.26. The molecule has 0 aliphatic carbocycles. The van der Waals surface area contributed by atoms with Gasteiger partial charge < -0.3 is 14.4 Å². The standard InChI is InChI=1S/C27H25BrFN3O3/c1-2-26(34)32-12-17(13-32)9-22(33)15-31-16-24(23-11-20(28)4-6-25(23)31)27(35)30-8-7-18-10-21(29)5-3-19(18)14-30/h2-6,10-11,16-17H,1,7-9,12-15H2. The number of rotatable bonds is 6. The minimum atomic E-state index is -0.261. The zero-order valence-electron chi connectivity index (χ0n) is 19.2. The molecule has 1 fully saturated rings. The number of benzene rings is 2. The van der Waals surface area contributed by atoms with Crippen LogP contribution >= 0.6 is 15.9 Å². The first-order valence-corrected chi connectivity index (χ1v) is 12.4. The lowest BCUT2D eigenvalue weighted by atomic mass is 9.94. The highest BCUT2D eigenvalue weighted by Crippen LogP contribution is 2.29. The fourth-order valence-corrected chi connectivity index (χ4v) is 5.38. The molecule has 2 aliphatic heterocycles. The molecule has 1 saturated heterocycles. The SMILES string of the molecule is C=CC(=O)N1CC(CC(=O)Cn2cc(C(=O)N3CCc4cc(F)ccc4C3)c3cc(Br)ccc32)C1. The van der Waals surface area contributed by atoms with Crippen molar-refractivity contribution in [2.45, 2.75) is 25.9 Å². The maximum atomic E-state index is 13.6. The van der Waals surface area contributed by atoms with Crippen LogP contribution in [0.25, 0.3) is 10.9 Å². The molecule has 2 aliphatic rings. The van der Waals surface area contributed by atoms with Crippen molar-refractivity contribution in [2.24, 2.45) is 5.92 Å². The Morgan fingerprint density at radius 2 is 1.89 bits per heavy atom. The van der Waals surface area contributed by atoms with Crippen LogP contribution in [0.1, 0.15) is 27.9 Å². The Hall–Kier alpha value is -3.26. The van der Waals surface area contributed by atoms with E-state index in [1.54, 1.807) is 28.1 Å². The molecular weight excluding hydrogens is 513 g/mol. The largest absolute Gasteiger partial charge is 0.339 e. The summed E-state index contributed by atoms with van der Waals surface area (Å²) in [5.74, 6) is -0.255. The molecule has 8 heteroatoms. The van der Waals surface area contributed by atoms with Crippen LogP contribution in [-0.2, 0) is 29.1 Å². The first kappa shape index (κ1) is 23.5. The third-order valence-electron chi connectivity index (χ3n) is 6.85. The molecule has 5 rings (SSSR count). The number of ketones is 1. The molecule has 3 aromatic rings. The van der Waals surface area contributed by atoms with Gasteiger partial charge in [0.05, 0.1) is 12.1 Å². The summed E-state index contributed by atoms with van der Waals surface area (Å²) < 4.78 is 16.3. The third-order valence-corrected chi connectivity index (χ3v) is 7.34. The first-order chi connectivity index (χ1) is 16.8. The van der Waals surface area contributed by atoms with Crippen LogP contribution in [0.2, 0.25) is 0 Å². The summed E-state index contributed by atoms with van der Waals surface area (Å²) in [6.07, 6.45) is 4.05. The van der Waals surface area contributed by atoms with Gasteiger partial charge in [0.25, 0.3) is 5.91 Å². The van der Waals surface area contributed by atoms with Gasteiger partial charge in [0.15, 0.2) is 5.78 Å². The molecular formula is C27H25BrFN3O3. The number of fused-ring (bicyclic) bond motifs is 2. The van der Waals surface area contributed by atoms with Gasteiger partial charge in [-0.25, -0.2) is 4.39 Å². The van der Waals surface area contributed by atoms with E-state index in [0.717, 1.165) is 26.5 Å². The van der Waals surface area contributed by atoms with E-state index in [1.165, 1.54) is 12.1 Å². The smallest absolute Gasteiger partial charge is 0.256 e. The van der Waals surface area contributed by atoms with Crippen molar-refractivity contribution in [3.05, 3.63) is 82.2 Å². The number of nitrogens with zero attached hydrogens (tertiary/aromatic N) is 3. The third kappa shape index (κ3) is 4.67. The number of hydrogen-bond donors (Lipinski definition) is 0. The lowest BCUT2D eigenvalue weighted by Crippen LogP contribution is -2.50. The first-order valence-electron chi connectivity index (χ1n) is 11.6. The molecule has 0 radical (unpaired) electrons. The number of carbonyl (C=O) groups is 3. The lowest BCUT2D eigenvalue weighted by molar-refractivity contribution is -0.134. The monoisotopic (exact) mass is 537 g/mol. The Morgan fingerprint density at radius 1 is 1.09 bits per heavy atom. The predicted molar refractivity (Wildman–Crippen MR) is 134 cm³/mol. The van der Waals surface area contributed by atoms with Crippen LogP contribution in [0, 0.1) is 11.7 Å². The van der Waals surface area contributed by atoms with Gasteiger partial charge in [-0.15, -0.1) is 0 Å². The summed E-state index contributed by atoms with van der Waals surface area (Å²) in [6.45, 7) is 5.74. The van der Waals surface area contributed by atoms with E-state index < -0.39 is 0 Å². The quantitative estimate of drug-likeness (QED) is 0.439. The van der Waals surface area contributed by atoms with Gasteiger partial charge in [0.1, 0.15) is 5.82 Å². The molecule has 35 heavy (non-hydrogen) atoms. The molecule has 3 heterocycles. The normalized spacial score (nSPS) is 15.6. The molecule has 0 unspecified atom stereocenters. The summed E-state index contributed by atoms with van der Waals surface area (Å²) in [4.78, 5) is 41.5. The summed E-state index contributed by atoms with van der Waals surface area (Å²) in [6, 6.07) is 10.4. The number of likely N-dealkylation sites (tertiary alicyclic amines) is 1. The zero-order valence-corrected chi connectivity index (χ0v) is 20.8. The van der Waals surface area contributed by atoms with E-state index in [1.807, 2.05) is 22.8 Å². The maximum absolute atomic E-state index is 13.6. The number of carbonyl (C=O) groups excluding carboxylic acids is 3. The Morgan fingerprint density at radius 3 is 2.66 bits per heavy atom. The number of Topliss-reactive ketones (excluding diaryl/α,β-unsaturated/α-hetero) is 1. The Balaban J connectivity index is 1.34. The molecule has 0 spiro atoms. The summed E-state index contributed by atoms with van der Waals surface area (Å²) in [5, 5.41) is 0.786. The van der Waals surface area contributed by atoms with Gasteiger partial charge in [-0.05, 0) is 54.0 Å². The number of amides is 2. The van der Waals surface area contributed by atoms with Crippen LogP contribution < -0.4 is 0 Å². The second kappa shape index (κ2) is 9.41. The van der Waals surface area contributed by atoms with Crippen LogP contribution in [0.3, 0.4) is 0 Å². The predicted octanol–water partition coefficient (Wildman–Crippen LogP) is 4.35. The molecule has 2 aromatic carbocycles. The topological polar surface area (TPSA) is 62.6 Å². The van der Waals surface area contributed by atoms with Crippen molar-refractivity contribution in [1.82, 2.24) is 14.4 Å². The van der Waals surface area contributed by atoms with E-state index in [9.17, 15) is 18.8 Å². The minimum Gasteiger partial charge on any atom is -0.339 e. The fraction of sp³-hybridized carbons (Fsp3) is 0.296. The Kier molecular flexibility index (Phi) is 6.32. The van der Waals surface area contributed by atoms with Gasteiger partial charge in [-0.1, -0.05) is 28.6 Å². The minimum absolute atomic E-state index is 0.0634. The molecule has 0 bridgehead atoms. The molecule has 180 valence electrons. The Bertz CT molecular complexity index is 1360. The van der Waals surface area contributed by atoms with E-state index in [-0.39, 0.29) is 35.9 Å². The lowest BCUT2D eigenvalue weighted by Gasteiger charge is -2.38. The van der Waals surface area contributed by atoms with Crippen LogP contribution in [-0.4, -0.2) is 51.6 Å². The van der Waals surface area contributed by atoms with Gasteiger partial charge in [0, 0.05) is 60.1 Å². The molecule has 0 saturated carbocycles. The number of halogens is 2. The van der Waals surface area contributed by atoms with Crippen molar-refractivity contribution in [1.29, 1.82) is 0 Å². The Labute approximate surface area is 211 Å². The molecule has 6 nitrogen and oxygen atoms in total. The van der Waals surface area contributed by atoms with Crippen LogP contribution in [0.5, 0.6) is 0 Å². The maximum Gasteiger partial charge on any atom is 0.256 e. The molecule has 1 aromatic heterocycles. The average Bonchev–Trinajstić information content (AvgIpc) is 3.16. The fourth-order valence-electron chi connectivity index (χ4n) is 5.02. The summed E-state index contributed by atoms with van der Waals surface area (Å²) in [7, 11) is 0. The van der Waals surface area contributed by atoms with E-state index in [4.69, 9.17) is 0 Å². The van der Waals surface area contributed by atoms with Gasteiger partial charge in [-0.2, -0.15) is 0 Å². The van der Waals surface area contributed by atoms with Gasteiger partial charge in [0.2, 0.25) is 5.91 Å². The van der Waals surface area contributed by atoms with Gasteiger partial charge >= 0.3 is 0 Å². The summed E-state index contributed by atoms with van der Waals surface area (Å²) >= 11 is 3.50. The zero-order chi connectivity index (χ0) is 24.7. The highest BCUT2D eigenvalue weighted by molar-refractivity contribution is 9.10. The number of hydrogen-bond acceptors (Lipinski definition) is 3. The van der Waals surface area contributed by atoms with Crippen molar-refractivity contribution in [3.63, 3.8) is 0 Å². The average molecular weight is 538 g/mol. The van der Waals surface area contributed by atoms with Crippen molar-refractivity contribution in [2.75, 3.05) is 19.6 Å². The van der Waals surface area contributed by atoms with Crippen LogP contribution in [0.4, 0.5) is 4.39 Å².